The van der Waals surface area contributed by atoms with E-state index in [1.165, 1.54) is 83.5 Å². The third-order valence-corrected chi connectivity index (χ3v) is 4.56. The molecule has 1 saturated carbocycles. The average Bonchev–Trinajstić information content (AvgIpc) is 2.66. The summed E-state index contributed by atoms with van der Waals surface area (Å²) < 4.78 is 4.55. The molecule has 0 heterocycles. The fourth-order valence-electron chi connectivity index (χ4n) is 2.99. The zero-order chi connectivity index (χ0) is 21.0. The van der Waals surface area contributed by atoms with Crippen molar-refractivity contribution in [2.45, 2.75) is 91.1 Å². The Morgan fingerprint density at radius 3 is 2.22 bits per heavy atom. The van der Waals surface area contributed by atoms with Gasteiger partial charge in [0.1, 0.15) is 5.60 Å². The van der Waals surface area contributed by atoms with Gasteiger partial charge in [0.25, 0.3) is 6.47 Å². The molecule has 0 spiro atoms. The van der Waals surface area contributed by atoms with Crippen LogP contribution in [0.15, 0.2) is 24.3 Å². The molecule has 0 atom stereocenters. The zero-order valence-corrected chi connectivity index (χ0v) is 18.7. The number of nitrogens with two attached hydrogens (primary N) is 1. The monoisotopic (exact) mass is 382 g/mol. The Balaban J connectivity index is 0. The van der Waals surface area contributed by atoms with Crippen LogP contribution in [0.4, 0.5) is 0 Å². The minimum atomic E-state index is -0.318. The van der Waals surface area contributed by atoms with Gasteiger partial charge < -0.3 is 15.8 Å². The number of rotatable bonds is 10. The first-order valence-electron chi connectivity index (χ1n) is 10.6. The van der Waals surface area contributed by atoms with E-state index < -0.39 is 0 Å². The molecule has 0 amide bonds. The lowest BCUT2D eigenvalue weighted by atomic mass is 9.87. The van der Waals surface area contributed by atoms with Gasteiger partial charge in [-0.25, -0.2) is 0 Å². The molecule has 27 heavy (non-hydrogen) atoms. The van der Waals surface area contributed by atoms with Crippen molar-refractivity contribution in [3.05, 3.63) is 24.3 Å². The van der Waals surface area contributed by atoms with Crippen LogP contribution in [-0.4, -0.2) is 32.2 Å². The Labute approximate surface area is 169 Å². The fourth-order valence-corrected chi connectivity index (χ4v) is 2.99. The van der Waals surface area contributed by atoms with Gasteiger partial charge in [-0.3, -0.25) is 4.79 Å². The number of unbranched alkanes of at least 4 members (excludes halogenated alkanes) is 1. The molecule has 1 aliphatic rings. The number of carbonyl (C=O) groups is 1. The maximum absolute atomic E-state index is 9.60. The average molecular weight is 383 g/mol. The summed E-state index contributed by atoms with van der Waals surface area (Å²) in [5, 5.41) is 3.60. The molecule has 4 nitrogen and oxygen atoms in total. The third kappa shape index (κ3) is 21.0. The van der Waals surface area contributed by atoms with Crippen molar-refractivity contribution in [3.8, 4) is 0 Å². The van der Waals surface area contributed by atoms with Gasteiger partial charge in [0.05, 0.1) is 0 Å². The fraction of sp³-hybridized carbons (Fsp3) is 0.783. The molecule has 0 bridgehead atoms. The molecule has 0 aromatic carbocycles. The molecule has 160 valence electrons. The summed E-state index contributed by atoms with van der Waals surface area (Å²) >= 11 is 0. The van der Waals surface area contributed by atoms with Crippen LogP contribution in [0.2, 0.25) is 0 Å². The molecule has 0 radical (unpaired) electrons. The summed E-state index contributed by atoms with van der Waals surface area (Å²) in [6, 6.07) is 0. The van der Waals surface area contributed by atoms with Gasteiger partial charge in [-0.15, -0.1) is 0 Å². The van der Waals surface area contributed by atoms with Crippen molar-refractivity contribution in [1.29, 1.82) is 0 Å². The van der Waals surface area contributed by atoms with E-state index in [0.29, 0.717) is 6.47 Å². The number of hydrogen-bond donors (Lipinski definition) is 2. The van der Waals surface area contributed by atoms with Crippen molar-refractivity contribution < 1.29 is 9.53 Å². The normalized spacial score (nSPS) is 15.0. The van der Waals surface area contributed by atoms with Gasteiger partial charge in [-0.05, 0) is 79.4 Å². The van der Waals surface area contributed by atoms with Gasteiger partial charge in [-0.1, -0.05) is 56.4 Å². The lowest BCUT2D eigenvalue weighted by Gasteiger charge is -2.21. The third-order valence-electron chi connectivity index (χ3n) is 4.56. The largest absolute Gasteiger partial charge is 0.462 e. The molecule has 4 heteroatoms. The summed E-state index contributed by atoms with van der Waals surface area (Å²) in [6.07, 6.45) is 16.7. The van der Waals surface area contributed by atoms with E-state index in [-0.39, 0.29) is 5.60 Å². The number of nitrogens with one attached hydrogen (secondary N) is 1. The Kier molecular flexibility index (Phi) is 20.4. The molecule has 0 unspecified atom stereocenters. The van der Waals surface area contributed by atoms with Crippen LogP contribution >= 0.6 is 0 Å². The van der Waals surface area contributed by atoms with Crippen LogP contribution in [0.25, 0.3) is 0 Å². The molecular formula is C23H46N2O2. The lowest BCUT2D eigenvalue weighted by Crippen LogP contribution is -2.20. The predicted octanol–water partition coefficient (Wildman–Crippen LogP) is 5.38. The van der Waals surface area contributed by atoms with Crippen LogP contribution in [0.3, 0.4) is 0 Å². The number of carbonyl (C=O) groups excluding carboxylic acids is 1. The predicted molar refractivity (Wildman–Crippen MR) is 119 cm³/mol. The van der Waals surface area contributed by atoms with Crippen LogP contribution in [0.1, 0.15) is 85.5 Å². The summed E-state index contributed by atoms with van der Waals surface area (Å²) in [4.78, 5) is 9.60. The highest BCUT2D eigenvalue weighted by molar-refractivity contribution is 5.37. The molecule has 1 aliphatic carbocycles. The number of allylic oxidation sites excluding steroid dienone is 3. The van der Waals surface area contributed by atoms with E-state index >= 15 is 0 Å². The second-order valence-electron chi connectivity index (χ2n) is 7.89. The minimum Gasteiger partial charge on any atom is -0.462 e. The van der Waals surface area contributed by atoms with Crippen LogP contribution < -0.4 is 11.1 Å². The first-order valence-corrected chi connectivity index (χ1v) is 10.6. The molecule has 0 aromatic heterocycles. The van der Waals surface area contributed by atoms with Crippen LogP contribution in [0, 0.1) is 5.92 Å². The topological polar surface area (TPSA) is 64.3 Å². The van der Waals surface area contributed by atoms with E-state index in [0.717, 1.165) is 5.92 Å². The first kappa shape index (κ1) is 28.1. The van der Waals surface area contributed by atoms with Gasteiger partial charge >= 0.3 is 0 Å². The van der Waals surface area contributed by atoms with Crippen molar-refractivity contribution in [2.24, 2.45) is 11.7 Å². The second-order valence-corrected chi connectivity index (χ2v) is 7.89. The molecule has 3 N–H and O–H groups in total. The van der Waals surface area contributed by atoms with Crippen LogP contribution in [-0.2, 0) is 9.53 Å². The van der Waals surface area contributed by atoms with Gasteiger partial charge in [0, 0.05) is 0 Å². The van der Waals surface area contributed by atoms with Gasteiger partial charge in [0.15, 0.2) is 0 Å². The molecule has 0 aliphatic heterocycles. The number of hydrogen-bond acceptors (Lipinski definition) is 4. The van der Waals surface area contributed by atoms with E-state index in [1.807, 2.05) is 26.8 Å². The van der Waals surface area contributed by atoms with Crippen molar-refractivity contribution >= 4 is 6.47 Å². The Morgan fingerprint density at radius 1 is 1.15 bits per heavy atom. The summed E-state index contributed by atoms with van der Waals surface area (Å²) in [7, 11) is 1.50. The van der Waals surface area contributed by atoms with Crippen molar-refractivity contribution in [2.75, 3.05) is 20.1 Å². The highest BCUT2D eigenvalue weighted by Crippen LogP contribution is 2.25. The maximum atomic E-state index is 9.60. The van der Waals surface area contributed by atoms with E-state index in [1.54, 1.807) is 0 Å². The Morgan fingerprint density at radius 2 is 1.78 bits per heavy atom. The minimum absolute atomic E-state index is 0.318. The highest BCUT2D eigenvalue weighted by Gasteiger charge is 2.12. The Hall–Kier alpha value is -1.13. The molecule has 1 fully saturated rings. The van der Waals surface area contributed by atoms with Crippen molar-refractivity contribution in [1.82, 2.24) is 5.32 Å². The molecular weight excluding hydrogens is 336 g/mol. The molecule has 1 rings (SSSR count). The van der Waals surface area contributed by atoms with E-state index in [4.69, 9.17) is 0 Å². The van der Waals surface area contributed by atoms with E-state index in [9.17, 15) is 4.79 Å². The first-order chi connectivity index (χ1) is 12.9. The smallest absolute Gasteiger partial charge is 0.293 e. The van der Waals surface area contributed by atoms with Crippen LogP contribution in [0.5, 0.6) is 0 Å². The summed E-state index contributed by atoms with van der Waals surface area (Å²) in [5.41, 5.74) is 5.57. The second kappa shape index (κ2) is 19.6. The zero-order valence-electron chi connectivity index (χ0n) is 18.7. The van der Waals surface area contributed by atoms with Crippen molar-refractivity contribution in [3.63, 3.8) is 0 Å². The van der Waals surface area contributed by atoms with E-state index in [2.05, 4.69) is 35.4 Å². The maximum Gasteiger partial charge on any atom is 0.293 e. The van der Waals surface area contributed by atoms with Gasteiger partial charge in [0.2, 0.25) is 0 Å². The molecule has 0 aromatic rings. The lowest BCUT2D eigenvalue weighted by molar-refractivity contribution is -0.138. The molecule has 0 saturated heterocycles. The summed E-state index contributed by atoms with van der Waals surface area (Å²) in [6.45, 7) is 14.3. The highest BCUT2D eigenvalue weighted by atomic mass is 16.5. The summed E-state index contributed by atoms with van der Waals surface area (Å²) in [5.74, 6) is 1.02. The standard InChI is InChI=1S/C17H31N.C5H10O2.CH5N/c1-3-16(4-2)10-8-9-14-18-15-13-17-11-6-5-7-12-17;1-5(2,3)7-4-6;1-2/h3-4,17-18H,1,5-15H2,2H3;4H,1-3H3;2H2,1H3/b16-4-;;. The van der Waals surface area contributed by atoms with Gasteiger partial charge in [-0.2, -0.15) is 0 Å². The Bertz CT molecular complexity index is 367. The quantitative estimate of drug-likeness (QED) is 0.302. The SMILES string of the molecule is C=C/C(=C/C)CCCCNCCC1CCCCC1.CC(C)(C)OC=O.CN. The number of ether oxygens (including phenoxy) is 1.